The standard InChI is InChI=1S/C14H23NO/c1-13(2,3)9-7-10(14(4,5)6)12(16)8-11(9)15/h7-8,16H,15H2,1-6H3/i1D3,4D3,5D3. The van der Waals surface area contributed by atoms with Crippen LogP contribution in [0.2, 0.25) is 0 Å². The Labute approximate surface area is 111 Å². The van der Waals surface area contributed by atoms with Gasteiger partial charge in [0, 0.05) is 24.1 Å². The maximum Gasteiger partial charge on any atom is 0.121 e. The number of hydrogen-bond donors (Lipinski definition) is 2. The molecule has 0 radical (unpaired) electrons. The van der Waals surface area contributed by atoms with Gasteiger partial charge in [-0.1, -0.05) is 41.3 Å². The van der Waals surface area contributed by atoms with Crippen molar-refractivity contribution in [1.82, 2.24) is 0 Å². The number of phenolic OH excluding ortho intramolecular Hbond substituents is 1. The minimum atomic E-state index is -2.98. The molecule has 0 aliphatic rings. The first-order valence-electron chi connectivity index (χ1n) is 9.42. The van der Waals surface area contributed by atoms with Crippen LogP contribution >= 0.6 is 0 Å². The first-order valence-corrected chi connectivity index (χ1v) is 4.92. The van der Waals surface area contributed by atoms with E-state index in [0.717, 1.165) is 19.1 Å². The molecule has 0 fully saturated rings. The highest BCUT2D eigenvalue weighted by Crippen LogP contribution is 2.38. The van der Waals surface area contributed by atoms with Crippen molar-refractivity contribution in [3.63, 3.8) is 0 Å². The molecule has 0 bridgehead atoms. The molecule has 0 unspecified atom stereocenters. The van der Waals surface area contributed by atoms with Crippen molar-refractivity contribution >= 4 is 5.69 Å². The zero-order valence-electron chi connectivity index (χ0n) is 18.7. The van der Waals surface area contributed by atoms with Crippen LogP contribution in [0.15, 0.2) is 12.1 Å². The molecule has 0 heterocycles. The predicted octanol–water partition coefficient (Wildman–Crippen LogP) is 3.57. The smallest absolute Gasteiger partial charge is 0.121 e. The Bertz CT molecular complexity index is 642. The summed E-state index contributed by atoms with van der Waals surface area (Å²) in [6, 6.07) is 2.10. The third-order valence-corrected chi connectivity index (χ3v) is 2.38. The van der Waals surface area contributed by atoms with E-state index in [9.17, 15) is 5.11 Å². The van der Waals surface area contributed by atoms with Crippen LogP contribution in [0.25, 0.3) is 0 Å². The largest absolute Gasteiger partial charge is 0.508 e. The summed E-state index contributed by atoms with van der Waals surface area (Å²) in [7, 11) is 0. The molecular weight excluding hydrogens is 198 g/mol. The van der Waals surface area contributed by atoms with Crippen molar-refractivity contribution in [3.8, 4) is 5.75 Å². The van der Waals surface area contributed by atoms with Crippen molar-refractivity contribution in [2.75, 3.05) is 5.73 Å². The Morgan fingerprint density at radius 3 is 2.12 bits per heavy atom. The number of benzene rings is 1. The molecule has 0 saturated carbocycles. The first kappa shape index (κ1) is 4.99. The molecule has 0 aliphatic heterocycles. The van der Waals surface area contributed by atoms with E-state index in [0.29, 0.717) is 0 Å². The lowest BCUT2D eigenvalue weighted by Crippen LogP contribution is -2.18. The monoisotopic (exact) mass is 230 g/mol. The summed E-state index contributed by atoms with van der Waals surface area (Å²) in [4.78, 5) is 0. The number of aromatic hydroxyl groups is 1. The van der Waals surface area contributed by atoms with Gasteiger partial charge in [0.05, 0.1) is 0 Å². The second kappa shape index (κ2) is 3.69. The third-order valence-electron chi connectivity index (χ3n) is 2.38. The molecule has 0 amide bonds. The molecule has 0 saturated heterocycles. The normalized spacial score (nSPS) is 23.6. The minimum absolute atomic E-state index is 0.0548. The van der Waals surface area contributed by atoms with Crippen LogP contribution in [0.1, 0.15) is 64.8 Å². The Morgan fingerprint density at radius 1 is 1.06 bits per heavy atom. The average molecular weight is 230 g/mol. The number of nitrogens with two attached hydrogens (primary N) is 1. The third kappa shape index (κ3) is 2.49. The van der Waals surface area contributed by atoms with Crippen molar-refractivity contribution < 1.29 is 17.4 Å². The molecule has 1 aromatic rings. The molecule has 2 nitrogen and oxygen atoms in total. The summed E-state index contributed by atoms with van der Waals surface area (Å²) < 4.78 is 69.3. The molecule has 0 aliphatic carbocycles. The van der Waals surface area contributed by atoms with Gasteiger partial charge in [-0.05, 0) is 28.0 Å². The maximum absolute atomic E-state index is 10.2. The minimum Gasteiger partial charge on any atom is -0.508 e. The van der Waals surface area contributed by atoms with Gasteiger partial charge in [0.1, 0.15) is 5.75 Å². The zero-order chi connectivity index (χ0) is 20.2. The average Bonchev–Trinajstić information content (AvgIpc) is 2.33. The molecule has 0 atom stereocenters. The highest BCUT2D eigenvalue weighted by atomic mass is 16.3. The number of nitrogen functional groups attached to an aromatic ring is 1. The van der Waals surface area contributed by atoms with E-state index in [1.807, 2.05) is 0 Å². The molecule has 16 heavy (non-hydrogen) atoms. The van der Waals surface area contributed by atoms with Gasteiger partial charge in [-0.15, -0.1) is 0 Å². The Hall–Kier alpha value is -1.18. The Kier molecular flexibility index (Phi) is 1.15. The summed E-state index contributed by atoms with van der Waals surface area (Å²) in [5.74, 6) is -0.600. The van der Waals surface area contributed by atoms with Crippen LogP contribution in [0.5, 0.6) is 5.75 Å². The number of hydrogen-bond acceptors (Lipinski definition) is 2. The fourth-order valence-corrected chi connectivity index (χ4v) is 1.55. The quantitative estimate of drug-likeness (QED) is 0.669. The highest BCUT2D eigenvalue weighted by Gasteiger charge is 2.24. The van der Waals surface area contributed by atoms with E-state index in [1.165, 1.54) is 13.8 Å². The van der Waals surface area contributed by atoms with Gasteiger partial charge < -0.3 is 10.8 Å². The molecular formula is C14H23NO. The van der Waals surface area contributed by atoms with E-state index in [-0.39, 0.29) is 16.8 Å². The van der Waals surface area contributed by atoms with Crippen molar-refractivity contribution in [2.24, 2.45) is 0 Å². The van der Waals surface area contributed by atoms with Crippen LogP contribution < -0.4 is 5.73 Å². The van der Waals surface area contributed by atoms with Gasteiger partial charge in [-0.2, -0.15) is 0 Å². The molecule has 3 N–H and O–H groups in total. The first-order chi connectivity index (χ1) is 10.8. The highest BCUT2D eigenvalue weighted by molar-refractivity contribution is 5.58. The van der Waals surface area contributed by atoms with Gasteiger partial charge in [0.2, 0.25) is 0 Å². The van der Waals surface area contributed by atoms with Gasteiger partial charge in [0.15, 0.2) is 0 Å². The van der Waals surface area contributed by atoms with E-state index < -0.39 is 37.1 Å². The summed E-state index contributed by atoms with van der Waals surface area (Å²) >= 11 is 0. The number of rotatable bonds is 0. The lowest BCUT2D eigenvalue weighted by molar-refractivity contribution is 0.445. The molecule has 0 spiro atoms. The van der Waals surface area contributed by atoms with E-state index >= 15 is 0 Å². The van der Waals surface area contributed by atoms with E-state index in [4.69, 9.17) is 18.1 Å². The SMILES string of the molecule is [2H]C([2H])([2H])C(C)(C)c1cc(C(C)(C([2H])([2H])[2H])C([2H])([2H])[2H])c(O)cc1N. The Balaban J connectivity index is 3.88. The lowest BCUT2D eigenvalue weighted by Gasteiger charge is -2.27. The predicted molar refractivity (Wildman–Crippen MR) is 69.9 cm³/mol. The van der Waals surface area contributed by atoms with Crippen molar-refractivity contribution in [1.29, 1.82) is 0 Å². The maximum atomic E-state index is 10.2. The second-order valence-electron chi connectivity index (χ2n) is 4.71. The summed E-state index contributed by atoms with van der Waals surface area (Å²) in [5.41, 5.74) is 1.58. The van der Waals surface area contributed by atoms with Gasteiger partial charge in [-0.25, -0.2) is 0 Å². The van der Waals surface area contributed by atoms with E-state index in [1.54, 1.807) is 0 Å². The van der Waals surface area contributed by atoms with Gasteiger partial charge in [-0.3, -0.25) is 0 Å². The topological polar surface area (TPSA) is 46.2 Å². The van der Waals surface area contributed by atoms with Crippen LogP contribution in [-0.4, -0.2) is 5.11 Å². The van der Waals surface area contributed by atoms with E-state index in [2.05, 4.69) is 0 Å². The fraction of sp³-hybridized carbons (Fsp3) is 0.571. The molecule has 1 rings (SSSR count). The molecule has 2 heteroatoms. The van der Waals surface area contributed by atoms with Crippen LogP contribution in [-0.2, 0) is 10.8 Å². The zero-order valence-corrected chi connectivity index (χ0v) is 9.68. The lowest BCUT2D eigenvalue weighted by atomic mass is 9.79. The van der Waals surface area contributed by atoms with Crippen LogP contribution in [0.3, 0.4) is 0 Å². The Morgan fingerprint density at radius 2 is 1.62 bits per heavy atom. The van der Waals surface area contributed by atoms with Crippen LogP contribution in [0, 0.1) is 0 Å². The summed E-state index contributed by atoms with van der Waals surface area (Å²) in [6.07, 6.45) is 0. The number of anilines is 1. The fourth-order valence-electron chi connectivity index (χ4n) is 1.55. The van der Waals surface area contributed by atoms with Crippen molar-refractivity contribution in [3.05, 3.63) is 23.3 Å². The molecule has 90 valence electrons. The van der Waals surface area contributed by atoms with Crippen molar-refractivity contribution in [2.45, 2.75) is 52.2 Å². The number of phenols is 1. The van der Waals surface area contributed by atoms with Gasteiger partial charge >= 0.3 is 0 Å². The molecule has 0 aromatic heterocycles. The van der Waals surface area contributed by atoms with Crippen LogP contribution in [0.4, 0.5) is 5.69 Å². The second-order valence-corrected chi connectivity index (χ2v) is 4.71. The van der Waals surface area contributed by atoms with Gasteiger partial charge in [0.25, 0.3) is 0 Å². The summed E-state index contributed by atoms with van der Waals surface area (Å²) in [6.45, 7) is -4.64. The summed E-state index contributed by atoms with van der Waals surface area (Å²) in [5, 5.41) is 10.2. The molecule has 1 aromatic carbocycles.